The van der Waals surface area contributed by atoms with Crippen molar-refractivity contribution < 1.29 is 42.1 Å². The summed E-state index contributed by atoms with van der Waals surface area (Å²) >= 11 is 0. The van der Waals surface area contributed by atoms with Crippen molar-refractivity contribution in [1.82, 2.24) is 0 Å². The van der Waals surface area contributed by atoms with Gasteiger partial charge in [-0.1, -0.05) is 386 Å². The normalized spacial score (nSPS) is 13.0. The van der Waals surface area contributed by atoms with E-state index in [1.54, 1.807) is 0 Å². The largest absolute Gasteiger partial charge is 0.472 e. The van der Waals surface area contributed by atoms with Gasteiger partial charge in [0.25, 0.3) is 0 Å². The molecule has 84 heavy (non-hydrogen) atoms. The van der Waals surface area contributed by atoms with E-state index >= 15 is 0 Å². The average Bonchev–Trinajstić information content (AvgIpc) is 3.61. The van der Waals surface area contributed by atoms with Gasteiger partial charge in [-0.05, 0) is 12.8 Å². The first-order chi connectivity index (χ1) is 41.0. The zero-order valence-electron chi connectivity index (χ0n) is 57.4. The third-order valence-electron chi connectivity index (χ3n) is 17.6. The number of hydrogen-bond acceptors (Lipinski definition) is 7. The lowest BCUT2D eigenvalue weighted by Crippen LogP contribution is -2.37. The molecule has 0 fully saturated rings. The van der Waals surface area contributed by atoms with Crippen LogP contribution in [0.15, 0.2) is 0 Å². The summed E-state index contributed by atoms with van der Waals surface area (Å²) in [4.78, 5) is 35.9. The molecule has 0 radical (unpaired) electrons. The molecule has 502 valence electrons. The van der Waals surface area contributed by atoms with Gasteiger partial charge in [0.05, 0.1) is 27.7 Å². The number of phosphoric ester groups is 1. The van der Waals surface area contributed by atoms with Crippen molar-refractivity contribution in [3.05, 3.63) is 0 Å². The van der Waals surface area contributed by atoms with E-state index in [-0.39, 0.29) is 25.6 Å². The molecule has 9 nitrogen and oxygen atoms in total. The molecule has 0 heterocycles. The van der Waals surface area contributed by atoms with Crippen molar-refractivity contribution >= 4 is 19.8 Å². The highest BCUT2D eigenvalue weighted by atomic mass is 31.2. The Morgan fingerprint density at radius 1 is 0.321 bits per heavy atom. The standard InChI is InChI=1S/C74H148NO8P/c1-6-8-10-12-14-16-18-20-22-24-26-28-30-32-34-35-36-37-38-39-41-43-45-47-49-51-53-55-57-59-61-63-65-67-74(77)83-72(71-82-84(78,79)81-69-68-75(3,4)5)70-80-73(76)66-64-62-60-58-56-54-52-50-48-46-44-42-40-33-31-29-27-25-23-21-19-17-15-13-11-9-7-2/h72H,6-71H2,1-5H3/p+1. The second kappa shape index (κ2) is 66.4. The van der Waals surface area contributed by atoms with E-state index in [1.807, 2.05) is 21.1 Å². The van der Waals surface area contributed by atoms with Crippen LogP contribution in [0.25, 0.3) is 0 Å². The number of likely N-dealkylation sites (N-methyl/N-ethyl adjacent to an activating group) is 1. The summed E-state index contributed by atoms with van der Waals surface area (Å²) in [7, 11) is 1.51. The van der Waals surface area contributed by atoms with E-state index in [0.29, 0.717) is 17.4 Å². The van der Waals surface area contributed by atoms with Gasteiger partial charge in [0.15, 0.2) is 6.10 Å². The van der Waals surface area contributed by atoms with Gasteiger partial charge < -0.3 is 18.9 Å². The van der Waals surface area contributed by atoms with Crippen LogP contribution in [0.3, 0.4) is 0 Å². The quantitative estimate of drug-likeness (QED) is 0.0278. The predicted molar refractivity (Wildman–Crippen MR) is 363 cm³/mol. The number of phosphoric acid groups is 1. The summed E-state index contributed by atoms with van der Waals surface area (Å²) in [6.07, 6.45) is 81.0. The van der Waals surface area contributed by atoms with Gasteiger partial charge in [0.2, 0.25) is 0 Å². The van der Waals surface area contributed by atoms with Crippen LogP contribution in [0.1, 0.15) is 412 Å². The number of nitrogens with zero attached hydrogens (tertiary/aromatic N) is 1. The summed E-state index contributed by atoms with van der Waals surface area (Å²) in [5.41, 5.74) is 0. The number of ether oxygens (including phenoxy) is 2. The molecule has 0 amide bonds. The number of unbranched alkanes of at least 4 members (excludes halogenated alkanes) is 58. The van der Waals surface area contributed by atoms with Gasteiger partial charge in [-0.25, -0.2) is 4.57 Å². The van der Waals surface area contributed by atoms with E-state index in [2.05, 4.69) is 13.8 Å². The lowest BCUT2D eigenvalue weighted by Gasteiger charge is -2.24. The van der Waals surface area contributed by atoms with E-state index in [4.69, 9.17) is 18.5 Å². The SMILES string of the molecule is CCCCCCCCCCCCCCCCCCCCCCCCCCCCCCCCCCCC(=O)OC(COC(=O)CCCCCCCCCCCCCCCCCCCCCCCCCCCCC)COP(=O)(O)OCC[N+](C)(C)C. The van der Waals surface area contributed by atoms with Gasteiger partial charge >= 0.3 is 19.8 Å². The molecule has 2 unspecified atom stereocenters. The Balaban J connectivity index is 3.92. The van der Waals surface area contributed by atoms with Crippen LogP contribution in [-0.2, 0) is 32.7 Å². The minimum Gasteiger partial charge on any atom is -0.462 e. The second-order valence-electron chi connectivity index (χ2n) is 27.4. The summed E-state index contributed by atoms with van der Waals surface area (Å²) < 4.78 is 34.8. The van der Waals surface area contributed by atoms with Crippen LogP contribution >= 0.6 is 7.82 Å². The lowest BCUT2D eigenvalue weighted by molar-refractivity contribution is -0.870. The highest BCUT2D eigenvalue weighted by molar-refractivity contribution is 7.47. The number of carbonyl (C=O) groups is 2. The monoisotopic (exact) mass is 1210 g/mol. The second-order valence-corrected chi connectivity index (χ2v) is 28.9. The number of rotatable bonds is 72. The molecule has 0 saturated carbocycles. The molecule has 0 spiro atoms. The molecule has 10 heteroatoms. The summed E-state index contributed by atoms with van der Waals surface area (Å²) in [6.45, 7) is 4.54. The van der Waals surface area contributed by atoms with Crippen molar-refractivity contribution in [3.8, 4) is 0 Å². The topological polar surface area (TPSA) is 108 Å². The van der Waals surface area contributed by atoms with Crippen LogP contribution < -0.4 is 0 Å². The van der Waals surface area contributed by atoms with E-state index in [0.717, 1.165) is 38.5 Å². The van der Waals surface area contributed by atoms with Crippen LogP contribution in [-0.4, -0.2) is 74.9 Å². The minimum absolute atomic E-state index is 0.0378. The fourth-order valence-electron chi connectivity index (χ4n) is 11.8. The highest BCUT2D eigenvalue weighted by Gasteiger charge is 2.27. The van der Waals surface area contributed by atoms with Gasteiger partial charge in [0.1, 0.15) is 19.8 Å². The fourth-order valence-corrected chi connectivity index (χ4v) is 12.6. The molecule has 0 aliphatic heterocycles. The number of quaternary nitrogens is 1. The van der Waals surface area contributed by atoms with E-state index in [9.17, 15) is 19.0 Å². The third kappa shape index (κ3) is 70.1. The zero-order chi connectivity index (χ0) is 61.2. The van der Waals surface area contributed by atoms with Crippen LogP contribution in [0, 0.1) is 0 Å². The summed E-state index contributed by atoms with van der Waals surface area (Å²) in [5, 5.41) is 0. The molecule has 0 rings (SSSR count). The Morgan fingerprint density at radius 3 is 0.762 bits per heavy atom. The maximum absolute atomic E-state index is 12.9. The Labute approximate surface area is 524 Å². The average molecular weight is 1210 g/mol. The van der Waals surface area contributed by atoms with Crippen molar-refractivity contribution in [2.24, 2.45) is 0 Å². The molecular weight excluding hydrogens is 1060 g/mol. The molecule has 0 aromatic heterocycles. The first kappa shape index (κ1) is 83.0. The fraction of sp³-hybridized carbons (Fsp3) is 0.973. The third-order valence-corrected chi connectivity index (χ3v) is 18.6. The van der Waals surface area contributed by atoms with Gasteiger partial charge in [-0.2, -0.15) is 0 Å². The Morgan fingerprint density at radius 2 is 0.536 bits per heavy atom. The van der Waals surface area contributed by atoms with Gasteiger partial charge in [0, 0.05) is 12.8 Å². The Hall–Kier alpha value is -0.990. The van der Waals surface area contributed by atoms with E-state index in [1.165, 1.54) is 347 Å². The maximum Gasteiger partial charge on any atom is 0.472 e. The lowest BCUT2D eigenvalue weighted by atomic mass is 10.0. The van der Waals surface area contributed by atoms with Crippen LogP contribution in [0.4, 0.5) is 0 Å². The van der Waals surface area contributed by atoms with Gasteiger partial charge in [-0.15, -0.1) is 0 Å². The van der Waals surface area contributed by atoms with Crippen molar-refractivity contribution in [2.45, 2.75) is 418 Å². The Kier molecular flexibility index (Phi) is 65.6. The molecule has 0 aromatic carbocycles. The Bertz CT molecular complexity index is 1370. The highest BCUT2D eigenvalue weighted by Crippen LogP contribution is 2.43. The summed E-state index contributed by atoms with van der Waals surface area (Å²) in [6, 6.07) is 0. The molecule has 2 atom stereocenters. The predicted octanol–water partition coefficient (Wildman–Crippen LogP) is 24.5. The van der Waals surface area contributed by atoms with Crippen molar-refractivity contribution in [1.29, 1.82) is 0 Å². The zero-order valence-corrected chi connectivity index (χ0v) is 58.3. The first-order valence-electron chi connectivity index (χ1n) is 37.8. The molecule has 0 aliphatic rings. The summed E-state index contributed by atoms with van der Waals surface area (Å²) in [5.74, 6) is -0.766. The number of hydrogen-bond donors (Lipinski definition) is 1. The number of esters is 2. The molecular formula is C74H149NO8P+. The van der Waals surface area contributed by atoms with E-state index < -0.39 is 26.5 Å². The van der Waals surface area contributed by atoms with Crippen molar-refractivity contribution in [2.75, 3.05) is 47.5 Å². The molecule has 0 saturated heterocycles. The van der Waals surface area contributed by atoms with Crippen LogP contribution in [0.5, 0.6) is 0 Å². The molecule has 0 aliphatic carbocycles. The molecule has 0 aromatic rings. The first-order valence-corrected chi connectivity index (χ1v) is 39.3. The number of carbonyl (C=O) groups excluding carboxylic acids is 2. The molecule has 1 N–H and O–H groups in total. The minimum atomic E-state index is -4.39. The molecule has 0 bridgehead atoms. The maximum atomic E-state index is 12.9. The van der Waals surface area contributed by atoms with Crippen molar-refractivity contribution in [3.63, 3.8) is 0 Å². The van der Waals surface area contributed by atoms with Crippen LogP contribution in [0.2, 0.25) is 0 Å². The smallest absolute Gasteiger partial charge is 0.462 e. The van der Waals surface area contributed by atoms with Gasteiger partial charge in [-0.3, -0.25) is 18.6 Å².